The van der Waals surface area contributed by atoms with Crippen LogP contribution >= 0.6 is 0 Å². The highest BCUT2D eigenvalue weighted by Crippen LogP contribution is 2.05. The molecule has 0 aliphatic carbocycles. The predicted octanol–water partition coefficient (Wildman–Crippen LogP) is 1.15. The van der Waals surface area contributed by atoms with Gasteiger partial charge in [-0.15, -0.1) is 0 Å². The second-order valence-electron chi connectivity index (χ2n) is 2.25. The number of anilines is 1. The molecule has 1 heterocycles. The third-order valence-electron chi connectivity index (χ3n) is 1.43. The Kier molecular flexibility index (Phi) is 2.68. The van der Waals surface area contributed by atoms with Gasteiger partial charge in [0, 0.05) is 11.8 Å². The summed E-state index contributed by atoms with van der Waals surface area (Å²) in [6, 6.07) is 1.76. The molecule has 0 aliphatic heterocycles. The monoisotopic (exact) mass is 169 g/mol. The quantitative estimate of drug-likeness (QED) is 0.697. The van der Waals surface area contributed by atoms with Gasteiger partial charge in [0.15, 0.2) is 5.82 Å². The number of rotatable bonds is 2. The van der Waals surface area contributed by atoms with Crippen LogP contribution in [-0.2, 0) is 11.2 Å². The first-order chi connectivity index (χ1) is 5.76. The minimum Gasteiger partial charge on any atom is -0.453 e. The number of amides is 1. The smallest absolute Gasteiger partial charge is 0.412 e. The Bertz CT molecular complexity index is 269. The number of hydrogen-bond acceptors (Lipinski definition) is 3. The van der Waals surface area contributed by atoms with Crippen LogP contribution in [-0.4, -0.2) is 23.4 Å². The van der Waals surface area contributed by atoms with Crippen molar-refractivity contribution in [3.63, 3.8) is 0 Å². The van der Waals surface area contributed by atoms with E-state index in [9.17, 15) is 4.79 Å². The van der Waals surface area contributed by atoms with Crippen LogP contribution in [0.3, 0.4) is 0 Å². The first-order valence-corrected chi connectivity index (χ1v) is 3.65. The summed E-state index contributed by atoms with van der Waals surface area (Å²) in [5, 5.41) is 9.05. The number of methoxy groups -OCH3 is 1. The Labute approximate surface area is 70.1 Å². The van der Waals surface area contributed by atoms with Gasteiger partial charge in [0.25, 0.3) is 0 Å². The Morgan fingerprint density at radius 3 is 3.08 bits per heavy atom. The van der Waals surface area contributed by atoms with Crippen molar-refractivity contribution in [1.29, 1.82) is 0 Å². The van der Waals surface area contributed by atoms with Crippen molar-refractivity contribution in [2.24, 2.45) is 0 Å². The zero-order valence-electron chi connectivity index (χ0n) is 7.05. The van der Waals surface area contributed by atoms with E-state index in [0.29, 0.717) is 5.82 Å². The third kappa shape index (κ3) is 1.98. The second kappa shape index (κ2) is 3.75. The number of aromatic nitrogens is 2. The molecule has 12 heavy (non-hydrogen) atoms. The lowest BCUT2D eigenvalue weighted by molar-refractivity contribution is 0.187. The van der Waals surface area contributed by atoms with Crippen LogP contribution in [0.15, 0.2) is 6.07 Å². The molecule has 0 saturated carbocycles. The number of nitrogens with zero attached hydrogens (tertiary/aromatic N) is 1. The van der Waals surface area contributed by atoms with Gasteiger partial charge in [0.2, 0.25) is 0 Å². The zero-order chi connectivity index (χ0) is 8.97. The van der Waals surface area contributed by atoms with Gasteiger partial charge in [-0.1, -0.05) is 6.92 Å². The Morgan fingerprint density at radius 2 is 2.58 bits per heavy atom. The normalized spacial score (nSPS) is 9.50. The summed E-state index contributed by atoms with van der Waals surface area (Å²) >= 11 is 0. The minimum absolute atomic E-state index is 0.485. The van der Waals surface area contributed by atoms with Crippen LogP contribution in [0.1, 0.15) is 12.6 Å². The van der Waals surface area contributed by atoms with Gasteiger partial charge in [0.1, 0.15) is 0 Å². The molecule has 0 unspecified atom stereocenters. The molecular weight excluding hydrogens is 158 g/mol. The van der Waals surface area contributed by atoms with Crippen molar-refractivity contribution in [2.75, 3.05) is 12.4 Å². The molecular formula is C7H11N3O2. The highest BCUT2D eigenvalue weighted by atomic mass is 16.5. The summed E-state index contributed by atoms with van der Waals surface area (Å²) in [6.07, 6.45) is 0.347. The lowest BCUT2D eigenvalue weighted by Gasteiger charge is -1.96. The van der Waals surface area contributed by atoms with E-state index in [0.717, 1.165) is 12.1 Å². The highest BCUT2D eigenvalue weighted by molar-refractivity contribution is 5.83. The number of H-pyrrole nitrogens is 1. The maximum absolute atomic E-state index is 10.7. The van der Waals surface area contributed by atoms with Gasteiger partial charge in [-0.25, -0.2) is 4.79 Å². The van der Waals surface area contributed by atoms with Crippen LogP contribution in [0.2, 0.25) is 0 Å². The van der Waals surface area contributed by atoms with E-state index >= 15 is 0 Å². The standard InChI is InChI=1S/C7H11N3O2/c1-3-5-4-6(10-9-5)8-7(11)12-2/h4H,3H2,1-2H3,(H2,8,9,10,11). The molecule has 5 heteroatoms. The molecule has 0 aliphatic rings. The van der Waals surface area contributed by atoms with Crippen molar-refractivity contribution >= 4 is 11.9 Å². The molecule has 1 amide bonds. The average Bonchev–Trinajstić information content (AvgIpc) is 2.52. The van der Waals surface area contributed by atoms with E-state index in [-0.39, 0.29) is 0 Å². The first-order valence-electron chi connectivity index (χ1n) is 3.65. The van der Waals surface area contributed by atoms with Gasteiger partial charge in [0.05, 0.1) is 7.11 Å². The van der Waals surface area contributed by atoms with Crippen molar-refractivity contribution in [1.82, 2.24) is 10.2 Å². The number of aromatic amines is 1. The number of hydrogen-bond donors (Lipinski definition) is 2. The maximum Gasteiger partial charge on any atom is 0.412 e. The van der Waals surface area contributed by atoms with Gasteiger partial charge in [-0.3, -0.25) is 10.4 Å². The van der Waals surface area contributed by atoms with Crippen LogP contribution in [0.5, 0.6) is 0 Å². The van der Waals surface area contributed by atoms with E-state index in [2.05, 4.69) is 20.3 Å². The summed E-state index contributed by atoms with van der Waals surface area (Å²) in [5.41, 5.74) is 0.974. The molecule has 0 aromatic carbocycles. The van der Waals surface area contributed by atoms with Gasteiger partial charge in [-0.05, 0) is 6.42 Å². The largest absolute Gasteiger partial charge is 0.453 e. The number of ether oxygens (including phenoxy) is 1. The molecule has 0 radical (unpaired) electrons. The number of nitrogens with one attached hydrogen (secondary N) is 2. The Hall–Kier alpha value is -1.52. The van der Waals surface area contributed by atoms with Gasteiger partial charge < -0.3 is 4.74 Å². The van der Waals surface area contributed by atoms with E-state index < -0.39 is 6.09 Å². The summed E-state index contributed by atoms with van der Waals surface area (Å²) in [7, 11) is 1.31. The lowest BCUT2D eigenvalue weighted by atomic mass is 10.3. The second-order valence-corrected chi connectivity index (χ2v) is 2.25. The molecule has 66 valence electrons. The van der Waals surface area contributed by atoms with Gasteiger partial charge >= 0.3 is 6.09 Å². The zero-order valence-corrected chi connectivity index (χ0v) is 7.05. The molecule has 0 saturated heterocycles. The fraction of sp³-hybridized carbons (Fsp3) is 0.429. The molecule has 0 spiro atoms. The molecule has 1 rings (SSSR count). The van der Waals surface area contributed by atoms with Crippen molar-refractivity contribution in [3.8, 4) is 0 Å². The first kappa shape index (κ1) is 8.58. The Morgan fingerprint density at radius 1 is 1.83 bits per heavy atom. The molecule has 0 atom stereocenters. The molecule has 1 aromatic heterocycles. The van der Waals surface area contributed by atoms with Crippen molar-refractivity contribution in [2.45, 2.75) is 13.3 Å². The maximum atomic E-state index is 10.7. The Balaban J connectivity index is 2.58. The summed E-state index contributed by atoms with van der Waals surface area (Å²) in [5.74, 6) is 0.485. The average molecular weight is 169 g/mol. The topological polar surface area (TPSA) is 67.0 Å². The van der Waals surface area contributed by atoms with Crippen molar-refractivity contribution < 1.29 is 9.53 Å². The SMILES string of the molecule is CCc1cc(NC(=O)OC)n[nH]1. The lowest BCUT2D eigenvalue weighted by Crippen LogP contribution is -2.10. The number of carbonyl (C=O) groups is 1. The fourth-order valence-electron chi connectivity index (χ4n) is 0.762. The molecule has 0 fully saturated rings. The number of aryl methyl sites for hydroxylation is 1. The fourth-order valence-corrected chi connectivity index (χ4v) is 0.762. The van der Waals surface area contributed by atoms with Gasteiger partial charge in [-0.2, -0.15) is 5.10 Å². The predicted molar refractivity (Wildman–Crippen MR) is 44.0 cm³/mol. The molecule has 2 N–H and O–H groups in total. The van der Waals surface area contributed by atoms with E-state index in [4.69, 9.17) is 0 Å². The molecule has 1 aromatic rings. The minimum atomic E-state index is -0.510. The van der Waals surface area contributed by atoms with Crippen LogP contribution in [0.4, 0.5) is 10.6 Å². The van der Waals surface area contributed by atoms with Crippen molar-refractivity contribution in [3.05, 3.63) is 11.8 Å². The third-order valence-corrected chi connectivity index (χ3v) is 1.43. The summed E-state index contributed by atoms with van der Waals surface area (Å²) in [4.78, 5) is 10.7. The summed E-state index contributed by atoms with van der Waals surface area (Å²) < 4.78 is 4.39. The highest BCUT2D eigenvalue weighted by Gasteiger charge is 2.03. The van der Waals surface area contributed by atoms with Crippen LogP contribution < -0.4 is 5.32 Å². The van der Waals surface area contributed by atoms with E-state index in [1.807, 2.05) is 6.92 Å². The number of carbonyl (C=O) groups excluding carboxylic acids is 1. The van der Waals surface area contributed by atoms with Crippen LogP contribution in [0, 0.1) is 0 Å². The molecule has 5 nitrogen and oxygen atoms in total. The van der Waals surface area contributed by atoms with Crippen LogP contribution in [0.25, 0.3) is 0 Å². The summed E-state index contributed by atoms with van der Waals surface area (Å²) in [6.45, 7) is 2.00. The molecule has 0 bridgehead atoms. The van der Waals surface area contributed by atoms with E-state index in [1.54, 1.807) is 6.07 Å². The van der Waals surface area contributed by atoms with E-state index in [1.165, 1.54) is 7.11 Å².